The van der Waals surface area contributed by atoms with Crippen LogP contribution in [0.15, 0.2) is 36.5 Å². The van der Waals surface area contributed by atoms with E-state index < -0.39 is 10.9 Å². The summed E-state index contributed by atoms with van der Waals surface area (Å²) in [6.45, 7) is 0.229. The quantitative estimate of drug-likeness (QED) is 0.689. The van der Waals surface area contributed by atoms with Gasteiger partial charge in [-0.2, -0.15) is 0 Å². The maximum Gasteiger partial charge on any atom is 0.352 e. The molecule has 0 bridgehead atoms. The highest BCUT2D eigenvalue weighted by molar-refractivity contribution is 6.30. The van der Waals surface area contributed by atoms with Crippen LogP contribution in [-0.2, 0) is 6.54 Å². The van der Waals surface area contributed by atoms with Gasteiger partial charge in [0.25, 0.3) is 5.69 Å². The number of carboxylic acids is 1. The van der Waals surface area contributed by atoms with Crippen LogP contribution >= 0.6 is 11.6 Å². The zero-order chi connectivity index (χ0) is 14.0. The van der Waals surface area contributed by atoms with Crippen LogP contribution in [0.25, 0.3) is 0 Å². The molecule has 0 aliphatic heterocycles. The van der Waals surface area contributed by atoms with Crippen molar-refractivity contribution in [2.45, 2.75) is 6.54 Å². The van der Waals surface area contributed by atoms with Gasteiger partial charge in [0.2, 0.25) is 0 Å². The van der Waals surface area contributed by atoms with E-state index in [-0.39, 0.29) is 17.9 Å². The summed E-state index contributed by atoms with van der Waals surface area (Å²) in [5, 5.41) is 20.3. The first-order chi connectivity index (χ1) is 8.97. The lowest BCUT2D eigenvalue weighted by Crippen LogP contribution is -2.08. The van der Waals surface area contributed by atoms with Crippen molar-refractivity contribution >= 4 is 23.3 Å². The van der Waals surface area contributed by atoms with Crippen molar-refractivity contribution in [1.82, 2.24) is 4.57 Å². The summed E-state index contributed by atoms with van der Waals surface area (Å²) in [6.07, 6.45) is 1.21. The van der Waals surface area contributed by atoms with Gasteiger partial charge in [0, 0.05) is 17.6 Å². The molecule has 1 aromatic heterocycles. The average molecular weight is 281 g/mol. The number of aromatic carboxylic acids is 1. The molecule has 1 N–H and O–H groups in total. The van der Waals surface area contributed by atoms with E-state index in [9.17, 15) is 14.9 Å². The molecule has 0 atom stereocenters. The predicted molar refractivity (Wildman–Crippen MR) is 68.6 cm³/mol. The van der Waals surface area contributed by atoms with Gasteiger partial charge in [-0.3, -0.25) is 10.1 Å². The Morgan fingerprint density at radius 3 is 2.53 bits per heavy atom. The second-order valence-electron chi connectivity index (χ2n) is 3.90. The van der Waals surface area contributed by atoms with Crippen molar-refractivity contribution in [3.8, 4) is 0 Å². The summed E-state index contributed by atoms with van der Waals surface area (Å²) in [6, 6.07) is 7.86. The van der Waals surface area contributed by atoms with Crippen molar-refractivity contribution in [1.29, 1.82) is 0 Å². The summed E-state index contributed by atoms with van der Waals surface area (Å²) in [5.74, 6) is -1.21. The summed E-state index contributed by atoms with van der Waals surface area (Å²) in [5.41, 5.74) is 0.436. The monoisotopic (exact) mass is 280 g/mol. The highest BCUT2D eigenvalue weighted by Crippen LogP contribution is 2.19. The standard InChI is InChI=1S/C12H9ClN2O4/c13-9-3-1-8(2-4-9)6-14-7-10(15(18)19)5-11(14)12(16)17/h1-5,7H,6H2,(H,16,17). The van der Waals surface area contributed by atoms with Gasteiger partial charge in [0.1, 0.15) is 5.69 Å². The lowest BCUT2D eigenvalue weighted by atomic mass is 10.2. The Kier molecular flexibility index (Phi) is 3.52. The van der Waals surface area contributed by atoms with Gasteiger partial charge in [-0.25, -0.2) is 4.79 Å². The van der Waals surface area contributed by atoms with E-state index >= 15 is 0 Å². The van der Waals surface area contributed by atoms with Gasteiger partial charge in [0.05, 0.1) is 11.1 Å². The van der Waals surface area contributed by atoms with E-state index in [4.69, 9.17) is 16.7 Å². The summed E-state index contributed by atoms with van der Waals surface area (Å²) in [7, 11) is 0. The van der Waals surface area contributed by atoms with E-state index in [2.05, 4.69) is 0 Å². The maximum atomic E-state index is 11.0. The Bertz CT molecular complexity index is 634. The van der Waals surface area contributed by atoms with Crippen LogP contribution in [0.4, 0.5) is 5.69 Å². The number of rotatable bonds is 4. The lowest BCUT2D eigenvalue weighted by molar-refractivity contribution is -0.384. The van der Waals surface area contributed by atoms with E-state index in [1.165, 1.54) is 10.8 Å². The zero-order valence-electron chi connectivity index (χ0n) is 9.62. The Labute approximate surface area is 113 Å². The number of carboxylic acid groups (broad SMARTS) is 1. The number of hydrogen-bond acceptors (Lipinski definition) is 3. The lowest BCUT2D eigenvalue weighted by Gasteiger charge is -2.05. The van der Waals surface area contributed by atoms with Crippen molar-refractivity contribution in [3.05, 3.63) is 62.9 Å². The minimum atomic E-state index is -1.21. The molecule has 6 nitrogen and oxygen atoms in total. The summed E-state index contributed by atoms with van der Waals surface area (Å²) < 4.78 is 1.32. The molecule has 0 saturated heterocycles. The molecule has 0 saturated carbocycles. The van der Waals surface area contributed by atoms with E-state index in [0.29, 0.717) is 5.02 Å². The van der Waals surface area contributed by atoms with Gasteiger partial charge in [0.15, 0.2) is 0 Å². The average Bonchev–Trinajstić information content (AvgIpc) is 2.76. The van der Waals surface area contributed by atoms with Crippen LogP contribution in [0.3, 0.4) is 0 Å². The smallest absolute Gasteiger partial charge is 0.352 e. The van der Waals surface area contributed by atoms with Crippen LogP contribution in [-0.4, -0.2) is 20.6 Å². The van der Waals surface area contributed by atoms with Crippen LogP contribution in [0.1, 0.15) is 16.1 Å². The van der Waals surface area contributed by atoms with Gasteiger partial charge in [-0.1, -0.05) is 23.7 Å². The van der Waals surface area contributed by atoms with E-state index in [0.717, 1.165) is 11.6 Å². The molecule has 1 heterocycles. The fourth-order valence-electron chi connectivity index (χ4n) is 1.69. The topological polar surface area (TPSA) is 85.4 Å². The number of hydrogen-bond donors (Lipinski definition) is 1. The Morgan fingerprint density at radius 2 is 2.00 bits per heavy atom. The second-order valence-corrected chi connectivity index (χ2v) is 4.34. The number of benzene rings is 1. The number of carbonyl (C=O) groups is 1. The van der Waals surface area contributed by atoms with Crippen molar-refractivity contribution < 1.29 is 14.8 Å². The largest absolute Gasteiger partial charge is 0.477 e. The molecule has 0 amide bonds. The van der Waals surface area contributed by atoms with Gasteiger partial charge in [-0.05, 0) is 17.7 Å². The molecule has 7 heteroatoms. The summed E-state index contributed by atoms with van der Waals surface area (Å²) in [4.78, 5) is 21.1. The molecule has 2 rings (SSSR count). The molecule has 0 aliphatic rings. The molecule has 19 heavy (non-hydrogen) atoms. The van der Waals surface area contributed by atoms with Gasteiger partial charge in [-0.15, -0.1) is 0 Å². The normalized spacial score (nSPS) is 10.4. The molecule has 0 fully saturated rings. The predicted octanol–water partition coefficient (Wildman–Crippen LogP) is 2.80. The van der Waals surface area contributed by atoms with Crippen LogP contribution in [0, 0.1) is 10.1 Å². The molecule has 0 spiro atoms. The maximum absolute atomic E-state index is 11.0. The molecule has 98 valence electrons. The first-order valence-corrected chi connectivity index (χ1v) is 5.67. The first-order valence-electron chi connectivity index (χ1n) is 5.29. The van der Waals surface area contributed by atoms with Crippen LogP contribution in [0.2, 0.25) is 5.02 Å². The zero-order valence-corrected chi connectivity index (χ0v) is 10.4. The summed E-state index contributed by atoms with van der Waals surface area (Å²) >= 11 is 5.75. The van der Waals surface area contributed by atoms with Crippen LogP contribution < -0.4 is 0 Å². The van der Waals surface area contributed by atoms with Gasteiger partial charge >= 0.3 is 5.97 Å². The van der Waals surface area contributed by atoms with Crippen molar-refractivity contribution in [3.63, 3.8) is 0 Å². The Balaban J connectivity index is 2.35. The number of aromatic nitrogens is 1. The van der Waals surface area contributed by atoms with E-state index in [1.54, 1.807) is 24.3 Å². The number of nitrogens with zero attached hydrogens (tertiary/aromatic N) is 2. The minimum absolute atomic E-state index is 0.123. The molecule has 2 aromatic rings. The molecule has 0 aliphatic carbocycles. The number of nitro groups is 1. The van der Waals surface area contributed by atoms with Gasteiger partial charge < -0.3 is 9.67 Å². The Morgan fingerprint density at radius 1 is 1.37 bits per heavy atom. The first kappa shape index (κ1) is 13.1. The second kappa shape index (κ2) is 5.11. The van der Waals surface area contributed by atoms with Crippen molar-refractivity contribution in [2.24, 2.45) is 0 Å². The van der Waals surface area contributed by atoms with E-state index in [1.807, 2.05) is 0 Å². The van der Waals surface area contributed by atoms with Crippen molar-refractivity contribution in [2.75, 3.05) is 0 Å². The third-order valence-corrected chi connectivity index (χ3v) is 2.83. The SMILES string of the molecule is O=C(O)c1cc([N+](=O)[O-])cn1Cc1ccc(Cl)cc1. The highest BCUT2D eigenvalue weighted by atomic mass is 35.5. The molecule has 0 radical (unpaired) electrons. The minimum Gasteiger partial charge on any atom is -0.477 e. The Hall–Kier alpha value is -2.34. The number of halogens is 1. The molecular weight excluding hydrogens is 272 g/mol. The fourth-order valence-corrected chi connectivity index (χ4v) is 1.82. The highest BCUT2D eigenvalue weighted by Gasteiger charge is 2.18. The third kappa shape index (κ3) is 2.92. The molecular formula is C12H9ClN2O4. The molecule has 1 aromatic carbocycles. The van der Waals surface area contributed by atoms with Crippen LogP contribution in [0.5, 0.6) is 0 Å². The fraction of sp³-hybridized carbons (Fsp3) is 0.0833. The molecule has 0 unspecified atom stereocenters. The third-order valence-electron chi connectivity index (χ3n) is 2.58.